The molecule has 1 heterocycles. The molecule has 0 aromatic carbocycles. The van der Waals surface area contributed by atoms with Crippen LogP contribution in [-0.4, -0.2) is 72.9 Å². The second kappa shape index (κ2) is 7.66. The Labute approximate surface area is 108 Å². The molecule has 0 spiro atoms. The summed E-state index contributed by atoms with van der Waals surface area (Å²) in [4.78, 5) is 1.86. The molecule has 0 aromatic heterocycles. The van der Waals surface area contributed by atoms with Crippen LogP contribution in [0.3, 0.4) is 0 Å². The van der Waals surface area contributed by atoms with Crippen LogP contribution >= 0.6 is 0 Å². The Kier molecular flexibility index (Phi) is 6.52. The van der Waals surface area contributed by atoms with E-state index in [9.17, 15) is 10.2 Å². The Balaban J connectivity index is 2.78. The average molecular weight is 257 g/mol. The molecule has 5 heteroatoms. The zero-order chi connectivity index (χ0) is 13.5. The average Bonchev–Trinajstić information content (AvgIpc) is 2.41. The van der Waals surface area contributed by atoms with Gasteiger partial charge in [0, 0.05) is 13.1 Å². The lowest BCUT2D eigenvalue weighted by atomic mass is 10.0. The Bertz CT molecular complexity index is 246. The standard InChI is InChI=1S/C13H23NO4/c1-4-6-17-12-10(15)8-14(3)9-11(16)13(12)18-7-5-2/h4-5,10-13,15-16H,1-2,6-9H2,3H3/t10-,11-,12+,13+/m0/s1. The molecule has 1 aliphatic heterocycles. The van der Waals surface area contributed by atoms with E-state index in [0.29, 0.717) is 26.3 Å². The van der Waals surface area contributed by atoms with Gasteiger partial charge in [-0.3, -0.25) is 0 Å². The first-order chi connectivity index (χ1) is 8.60. The van der Waals surface area contributed by atoms with Crippen LogP contribution in [0.4, 0.5) is 0 Å². The Morgan fingerprint density at radius 3 is 1.78 bits per heavy atom. The highest BCUT2D eigenvalue weighted by Gasteiger charge is 2.38. The van der Waals surface area contributed by atoms with E-state index in [1.165, 1.54) is 0 Å². The van der Waals surface area contributed by atoms with Crippen molar-refractivity contribution in [2.75, 3.05) is 33.4 Å². The number of rotatable bonds is 6. The number of hydrogen-bond acceptors (Lipinski definition) is 5. The van der Waals surface area contributed by atoms with Crippen molar-refractivity contribution in [3.8, 4) is 0 Å². The van der Waals surface area contributed by atoms with Crippen LogP contribution in [0, 0.1) is 0 Å². The summed E-state index contributed by atoms with van der Waals surface area (Å²) in [5.74, 6) is 0. The first kappa shape index (κ1) is 15.3. The second-order valence-corrected chi connectivity index (χ2v) is 4.53. The van der Waals surface area contributed by atoms with Gasteiger partial charge in [-0.25, -0.2) is 0 Å². The minimum atomic E-state index is -0.707. The van der Waals surface area contributed by atoms with Gasteiger partial charge in [0.2, 0.25) is 0 Å². The van der Waals surface area contributed by atoms with E-state index in [1.807, 2.05) is 11.9 Å². The number of ether oxygens (including phenoxy) is 2. The molecule has 5 nitrogen and oxygen atoms in total. The van der Waals surface area contributed by atoms with Gasteiger partial charge in [-0.15, -0.1) is 13.2 Å². The molecule has 0 radical (unpaired) electrons. The maximum atomic E-state index is 10.1. The summed E-state index contributed by atoms with van der Waals surface area (Å²) < 4.78 is 11.1. The molecule has 4 atom stereocenters. The predicted molar refractivity (Wildman–Crippen MR) is 69.4 cm³/mol. The largest absolute Gasteiger partial charge is 0.389 e. The minimum absolute atomic E-state index is 0.312. The Morgan fingerprint density at radius 2 is 1.44 bits per heavy atom. The van der Waals surface area contributed by atoms with Crippen molar-refractivity contribution in [3.63, 3.8) is 0 Å². The van der Waals surface area contributed by atoms with Crippen molar-refractivity contribution in [2.24, 2.45) is 0 Å². The van der Waals surface area contributed by atoms with Gasteiger partial charge in [0.25, 0.3) is 0 Å². The van der Waals surface area contributed by atoms with Crippen LogP contribution in [0.15, 0.2) is 25.3 Å². The first-order valence-corrected chi connectivity index (χ1v) is 6.09. The molecule has 104 valence electrons. The fraction of sp³-hybridized carbons (Fsp3) is 0.692. The van der Waals surface area contributed by atoms with Crippen LogP contribution in [0.1, 0.15) is 0 Å². The monoisotopic (exact) mass is 257 g/mol. The van der Waals surface area contributed by atoms with Crippen LogP contribution in [0.25, 0.3) is 0 Å². The zero-order valence-electron chi connectivity index (χ0n) is 10.9. The molecule has 1 saturated heterocycles. The molecule has 0 unspecified atom stereocenters. The molecule has 0 saturated carbocycles. The van der Waals surface area contributed by atoms with E-state index in [0.717, 1.165) is 0 Å². The van der Waals surface area contributed by atoms with Gasteiger partial charge >= 0.3 is 0 Å². The quantitative estimate of drug-likeness (QED) is 0.645. The van der Waals surface area contributed by atoms with E-state index in [1.54, 1.807) is 12.2 Å². The van der Waals surface area contributed by atoms with Gasteiger partial charge < -0.3 is 24.6 Å². The van der Waals surface area contributed by atoms with Crippen LogP contribution in [-0.2, 0) is 9.47 Å². The number of likely N-dealkylation sites (N-methyl/N-ethyl adjacent to an activating group) is 1. The van der Waals surface area contributed by atoms with Gasteiger partial charge in [-0.1, -0.05) is 12.2 Å². The summed E-state index contributed by atoms with van der Waals surface area (Å²) in [6.07, 6.45) is 0.672. The van der Waals surface area contributed by atoms with E-state index in [4.69, 9.17) is 9.47 Å². The second-order valence-electron chi connectivity index (χ2n) is 4.53. The number of β-amino-alcohol motifs (C(OH)–C–C–N with tert-alkyl or cyclic N) is 2. The van der Waals surface area contributed by atoms with Crippen molar-refractivity contribution in [2.45, 2.75) is 24.4 Å². The highest BCUT2D eigenvalue weighted by molar-refractivity contribution is 4.91. The summed E-state index contributed by atoms with van der Waals surface area (Å²) in [6, 6.07) is 0. The molecular weight excluding hydrogens is 234 g/mol. The lowest BCUT2D eigenvalue weighted by Crippen LogP contribution is -2.47. The number of aliphatic hydroxyl groups is 2. The maximum Gasteiger partial charge on any atom is 0.114 e. The van der Waals surface area contributed by atoms with Crippen molar-refractivity contribution in [1.82, 2.24) is 4.90 Å². The van der Waals surface area contributed by atoms with Gasteiger partial charge in [0.1, 0.15) is 12.2 Å². The normalized spacial score (nSPS) is 33.9. The highest BCUT2D eigenvalue weighted by atomic mass is 16.6. The minimum Gasteiger partial charge on any atom is -0.389 e. The molecule has 1 aliphatic rings. The Morgan fingerprint density at radius 1 is 1.06 bits per heavy atom. The number of nitrogens with zero attached hydrogens (tertiary/aromatic N) is 1. The summed E-state index contributed by atoms with van der Waals surface area (Å²) in [7, 11) is 1.84. The molecule has 0 aliphatic carbocycles. The number of likely N-dealkylation sites (tertiary alicyclic amines) is 1. The third-order valence-corrected chi connectivity index (χ3v) is 2.89. The lowest BCUT2D eigenvalue weighted by molar-refractivity contribution is -0.136. The fourth-order valence-corrected chi connectivity index (χ4v) is 2.13. The molecule has 1 rings (SSSR count). The third-order valence-electron chi connectivity index (χ3n) is 2.89. The first-order valence-electron chi connectivity index (χ1n) is 6.09. The maximum absolute atomic E-state index is 10.1. The summed E-state index contributed by atoms with van der Waals surface area (Å²) in [5, 5.41) is 20.2. The van der Waals surface area contributed by atoms with Gasteiger partial charge in [0.05, 0.1) is 25.4 Å². The van der Waals surface area contributed by atoms with E-state index < -0.39 is 24.4 Å². The third kappa shape index (κ3) is 4.19. The number of aliphatic hydroxyl groups excluding tert-OH is 2. The van der Waals surface area contributed by atoms with Gasteiger partial charge in [-0.05, 0) is 7.05 Å². The summed E-state index contributed by atoms with van der Waals surface area (Å²) in [6.45, 7) is 8.65. The Hall–Kier alpha value is -0.720. The predicted octanol–water partition coefficient (Wildman–Crippen LogP) is -0.204. The molecule has 0 bridgehead atoms. The van der Waals surface area contributed by atoms with Gasteiger partial charge in [-0.2, -0.15) is 0 Å². The summed E-state index contributed by atoms with van der Waals surface area (Å²) >= 11 is 0. The van der Waals surface area contributed by atoms with E-state index in [2.05, 4.69) is 13.2 Å². The van der Waals surface area contributed by atoms with E-state index in [-0.39, 0.29) is 0 Å². The van der Waals surface area contributed by atoms with Crippen LogP contribution in [0.2, 0.25) is 0 Å². The topological polar surface area (TPSA) is 62.2 Å². The van der Waals surface area contributed by atoms with Crippen molar-refractivity contribution in [3.05, 3.63) is 25.3 Å². The van der Waals surface area contributed by atoms with Gasteiger partial charge in [0.15, 0.2) is 0 Å². The summed E-state index contributed by atoms with van der Waals surface area (Å²) in [5.41, 5.74) is 0. The van der Waals surface area contributed by atoms with Crippen molar-refractivity contribution < 1.29 is 19.7 Å². The SMILES string of the molecule is C=CCO[C@H]1[C@H](OCC=C)[C@@H](O)CN(C)C[C@@H]1O. The molecule has 0 aromatic rings. The van der Waals surface area contributed by atoms with E-state index >= 15 is 0 Å². The molecule has 2 N–H and O–H groups in total. The van der Waals surface area contributed by atoms with Crippen molar-refractivity contribution in [1.29, 1.82) is 0 Å². The molecular formula is C13H23NO4. The smallest absolute Gasteiger partial charge is 0.114 e. The van der Waals surface area contributed by atoms with Crippen LogP contribution < -0.4 is 0 Å². The van der Waals surface area contributed by atoms with Crippen LogP contribution in [0.5, 0.6) is 0 Å². The zero-order valence-corrected chi connectivity index (χ0v) is 10.9. The number of hydrogen-bond donors (Lipinski definition) is 2. The lowest BCUT2D eigenvalue weighted by Gasteiger charge is -2.30. The molecule has 18 heavy (non-hydrogen) atoms. The highest BCUT2D eigenvalue weighted by Crippen LogP contribution is 2.18. The molecule has 0 amide bonds. The van der Waals surface area contributed by atoms with Crippen molar-refractivity contribution >= 4 is 0 Å². The molecule has 1 fully saturated rings. The fourth-order valence-electron chi connectivity index (χ4n) is 2.13.